The van der Waals surface area contributed by atoms with Gasteiger partial charge < -0.3 is 9.80 Å². The summed E-state index contributed by atoms with van der Waals surface area (Å²) < 4.78 is 0. The van der Waals surface area contributed by atoms with Gasteiger partial charge in [-0.15, -0.1) is 0 Å². The second-order valence-electron chi connectivity index (χ2n) is 12.1. The number of anilines is 5. The van der Waals surface area contributed by atoms with Crippen molar-refractivity contribution >= 4 is 55.6 Å². The molecule has 218 valence electrons. The van der Waals surface area contributed by atoms with Crippen molar-refractivity contribution in [2.45, 2.75) is 12.0 Å². The topological polar surface area (TPSA) is 6.48 Å². The zero-order valence-electron chi connectivity index (χ0n) is 25.4. The molecule has 0 spiro atoms. The van der Waals surface area contributed by atoms with Crippen molar-refractivity contribution in [3.8, 4) is 0 Å². The van der Waals surface area contributed by atoms with Gasteiger partial charge in [-0.25, -0.2) is 0 Å². The molecule has 9 rings (SSSR count). The van der Waals surface area contributed by atoms with Gasteiger partial charge in [-0.05, 0) is 69.9 Å². The second-order valence-corrected chi connectivity index (χ2v) is 12.1. The lowest BCUT2D eigenvalue weighted by Gasteiger charge is -2.32. The first-order valence-electron chi connectivity index (χ1n) is 16.0. The number of rotatable bonds is 5. The second kappa shape index (κ2) is 10.9. The summed E-state index contributed by atoms with van der Waals surface area (Å²) in [5.74, 6) is 0.222. The van der Waals surface area contributed by atoms with Crippen LogP contribution in [0.2, 0.25) is 0 Å². The SMILES string of the molecule is C1=CC2C(C(c3cccc(N(c4cccc5ccccc45)c4cccc5ccccc45)c3)=C1)c1ccccc1N2c1ccccc1. The maximum atomic E-state index is 2.51. The molecule has 2 aliphatic rings. The number of hydrogen-bond donors (Lipinski definition) is 0. The van der Waals surface area contributed by atoms with Gasteiger partial charge in [0.05, 0.1) is 17.4 Å². The van der Waals surface area contributed by atoms with Crippen molar-refractivity contribution < 1.29 is 0 Å². The third kappa shape index (κ3) is 4.26. The molecular weight excluding hydrogens is 556 g/mol. The van der Waals surface area contributed by atoms with Crippen LogP contribution >= 0.6 is 0 Å². The molecule has 0 bridgehead atoms. The Balaban J connectivity index is 1.22. The minimum Gasteiger partial charge on any atom is -0.333 e. The minimum absolute atomic E-state index is 0.204. The number of para-hydroxylation sites is 2. The van der Waals surface area contributed by atoms with Gasteiger partial charge in [0, 0.05) is 33.8 Å². The Kier molecular flexibility index (Phi) is 6.31. The maximum Gasteiger partial charge on any atom is 0.0635 e. The zero-order chi connectivity index (χ0) is 30.5. The summed E-state index contributed by atoms with van der Waals surface area (Å²) in [7, 11) is 0. The first kappa shape index (κ1) is 26.5. The van der Waals surface area contributed by atoms with Crippen LogP contribution in [0.25, 0.3) is 27.1 Å². The van der Waals surface area contributed by atoms with Crippen molar-refractivity contribution in [2.75, 3.05) is 9.80 Å². The Bertz CT molecular complexity index is 2210. The van der Waals surface area contributed by atoms with Gasteiger partial charge >= 0.3 is 0 Å². The average Bonchev–Trinajstić information content (AvgIpc) is 3.47. The fourth-order valence-corrected chi connectivity index (χ4v) is 7.60. The van der Waals surface area contributed by atoms with Crippen LogP contribution in [-0.2, 0) is 0 Å². The summed E-state index contributed by atoms with van der Waals surface area (Å²) in [6.45, 7) is 0. The summed E-state index contributed by atoms with van der Waals surface area (Å²) in [5, 5.41) is 4.92. The zero-order valence-corrected chi connectivity index (χ0v) is 25.4. The molecule has 2 heteroatoms. The molecule has 2 nitrogen and oxygen atoms in total. The van der Waals surface area contributed by atoms with Crippen molar-refractivity contribution in [3.05, 3.63) is 193 Å². The quantitative estimate of drug-likeness (QED) is 0.197. The fraction of sp³-hybridized carbons (Fsp3) is 0.0455. The van der Waals surface area contributed by atoms with E-state index in [2.05, 4.69) is 192 Å². The Hall–Kier alpha value is -5.86. The van der Waals surface area contributed by atoms with Gasteiger partial charge in [-0.1, -0.05) is 140 Å². The van der Waals surface area contributed by atoms with E-state index in [9.17, 15) is 0 Å². The molecule has 46 heavy (non-hydrogen) atoms. The highest BCUT2D eigenvalue weighted by Crippen LogP contribution is 2.53. The van der Waals surface area contributed by atoms with Gasteiger partial charge in [0.1, 0.15) is 0 Å². The van der Waals surface area contributed by atoms with E-state index in [0.717, 1.165) is 5.69 Å². The van der Waals surface area contributed by atoms with Gasteiger partial charge in [-0.2, -0.15) is 0 Å². The van der Waals surface area contributed by atoms with Crippen LogP contribution in [0.1, 0.15) is 17.0 Å². The van der Waals surface area contributed by atoms with E-state index < -0.39 is 0 Å². The highest BCUT2D eigenvalue weighted by atomic mass is 15.2. The Morgan fingerprint density at radius 2 is 1.13 bits per heavy atom. The van der Waals surface area contributed by atoms with Crippen LogP contribution in [0.15, 0.2) is 182 Å². The number of nitrogens with zero attached hydrogens (tertiary/aromatic N) is 2. The average molecular weight is 589 g/mol. The van der Waals surface area contributed by atoms with Crippen molar-refractivity contribution in [1.82, 2.24) is 0 Å². The number of allylic oxidation sites excluding steroid dienone is 2. The van der Waals surface area contributed by atoms with E-state index in [1.807, 2.05) is 0 Å². The molecule has 0 aromatic heterocycles. The van der Waals surface area contributed by atoms with E-state index in [0.29, 0.717) is 0 Å². The standard InChI is InChI=1S/C44H32N2/c1-2-19-34(20-3-1)45-42-26-9-8-24-39(42)44-38(25-13-29-43(44)45)33-18-10-21-35(30-33)46(40-27-11-16-31-14-4-6-22-36(31)40)41-28-12-17-32-15-5-7-23-37(32)41/h1-30,43-44H. The molecule has 0 fully saturated rings. The predicted molar refractivity (Wildman–Crippen MR) is 195 cm³/mol. The largest absolute Gasteiger partial charge is 0.333 e. The third-order valence-corrected chi connectivity index (χ3v) is 9.58. The number of fused-ring (bicyclic) bond motifs is 5. The molecule has 0 saturated heterocycles. The van der Waals surface area contributed by atoms with Crippen LogP contribution < -0.4 is 9.80 Å². The molecule has 0 saturated carbocycles. The number of hydrogen-bond acceptors (Lipinski definition) is 2. The summed E-state index contributed by atoms with van der Waals surface area (Å²) in [6.07, 6.45) is 6.94. The molecule has 1 heterocycles. The maximum absolute atomic E-state index is 2.51. The molecule has 2 atom stereocenters. The van der Waals surface area contributed by atoms with Crippen LogP contribution in [-0.4, -0.2) is 6.04 Å². The van der Waals surface area contributed by atoms with E-state index in [1.165, 1.54) is 61.0 Å². The van der Waals surface area contributed by atoms with Gasteiger partial charge in [0.15, 0.2) is 0 Å². The monoisotopic (exact) mass is 588 g/mol. The molecule has 0 amide bonds. The van der Waals surface area contributed by atoms with Crippen molar-refractivity contribution in [1.29, 1.82) is 0 Å². The lowest BCUT2D eigenvalue weighted by atomic mass is 9.80. The summed E-state index contributed by atoms with van der Waals surface area (Å²) >= 11 is 0. The van der Waals surface area contributed by atoms with E-state index in [1.54, 1.807) is 0 Å². The molecule has 7 aromatic carbocycles. The van der Waals surface area contributed by atoms with Gasteiger partial charge in [0.25, 0.3) is 0 Å². The molecule has 2 unspecified atom stereocenters. The normalized spacial score (nSPS) is 16.7. The first-order valence-corrected chi connectivity index (χ1v) is 16.0. The van der Waals surface area contributed by atoms with Crippen molar-refractivity contribution in [3.63, 3.8) is 0 Å². The summed E-state index contributed by atoms with van der Waals surface area (Å²) in [6, 6.07) is 59.7. The Labute approximate surface area is 269 Å². The highest BCUT2D eigenvalue weighted by molar-refractivity contribution is 6.05. The fourth-order valence-electron chi connectivity index (χ4n) is 7.60. The molecule has 1 aliphatic carbocycles. The molecule has 0 N–H and O–H groups in total. The lowest BCUT2D eigenvalue weighted by Crippen LogP contribution is -2.30. The summed E-state index contributed by atoms with van der Waals surface area (Å²) in [4.78, 5) is 4.95. The Morgan fingerprint density at radius 1 is 0.522 bits per heavy atom. The van der Waals surface area contributed by atoms with Crippen LogP contribution in [0.4, 0.5) is 28.4 Å². The van der Waals surface area contributed by atoms with Crippen molar-refractivity contribution in [2.24, 2.45) is 0 Å². The molecule has 0 radical (unpaired) electrons. The molecule has 7 aromatic rings. The van der Waals surface area contributed by atoms with Crippen LogP contribution in [0.5, 0.6) is 0 Å². The first-order chi connectivity index (χ1) is 22.8. The highest BCUT2D eigenvalue weighted by Gasteiger charge is 2.41. The smallest absolute Gasteiger partial charge is 0.0635 e. The number of benzene rings is 7. The van der Waals surface area contributed by atoms with E-state index in [-0.39, 0.29) is 12.0 Å². The molecular formula is C44H32N2. The van der Waals surface area contributed by atoms with Gasteiger partial charge in [-0.3, -0.25) is 0 Å². The van der Waals surface area contributed by atoms with Gasteiger partial charge in [0.2, 0.25) is 0 Å². The van der Waals surface area contributed by atoms with Crippen LogP contribution in [0, 0.1) is 0 Å². The summed E-state index contributed by atoms with van der Waals surface area (Å²) in [5.41, 5.74) is 9.95. The Morgan fingerprint density at radius 3 is 1.87 bits per heavy atom. The van der Waals surface area contributed by atoms with E-state index in [4.69, 9.17) is 0 Å². The van der Waals surface area contributed by atoms with Crippen LogP contribution in [0.3, 0.4) is 0 Å². The minimum atomic E-state index is 0.204. The predicted octanol–water partition coefficient (Wildman–Crippen LogP) is 11.7. The molecule has 1 aliphatic heterocycles. The lowest BCUT2D eigenvalue weighted by molar-refractivity contribution is 0.759. The van der Waals surface area contributed by atoms with E-state index >= 15 is 0 Å². The third-order valence-electron chi connectivity index (χ3n) is 9.58.